The SMILES string of the molecule is CN(C)CC1CCC2(COCCN(Cc3ccccn3)C2)O1. The van der Waals surface area contributed by atoms with Gasteiger partial charge >= 0.3 is 0 Å². The highest BCUT2D eigenvalue weighted by atomic mass is 16.6. The first-order chi connectivity index (χ1) is 10.7. The zero-order valence-electron chi connectivity index (χ0n) is 13.7. The Bertz CT molecular complexity index is 468. The van der Waals surface area contributed by atoms with Crippen LogP contribution < -0.4 is 0 Å². The topological polar surface area (TPSA) is 37.8 Å². The molecule has 0 aromatic carbocycles. The minimum atomic E-state index is -0.133. The molecule has 2 atom stereocenters. The third-order valence-corrected chi connectivity index (χ3v) is 4.45. The van der Waals surface area contributed by atoms with Gasteiger partial charge in [0.15, 0.2) is 0 Å². The van der Waals surface area contributed by atoms with Gasteiger partial charge in [0.1, 0.15) is 5.60 Å². The monoisotopic (exact) mass is 305 g/mol. The number of pyridine rings is 1. The summed E-state index contributed by atoms with van der Waals surface area (Å²) in [5.74, 6) is 0. The van der Waals surface area contributed by atoms with E-state index in [1.807, 2.05) is 18.3 Å². The highest BCUT2D eigenvalue weighted by Gasteiger charge is 2.43. The van der Waals surface area contributed by atoms with Crippen molar-refractivity contribution in [2.75, 3.05) is 46.9 Å². The number of nitrogens with zero attached hydrogens (tertiary/aromatic N) is 3. The molecule has 2 aliphatic heterocycles. The minimum Gasteiger partial charge on any atom is -0.377 e. The van der Waals surface area contributed by atoms with Crippen molar-refractivity contribution in [2.24, 2.45) is 0 Å². The van der Waals surface area contributed by atoms with Gasteiger partial charge in [0.05, 0.1) is 25.0 Å². The van der Waals surface area contributed by atoms with Gasteiger partial charge < -0.3 is 14.4 Å². The summed E-state index contributed by atoms with van der Waals surface area (Å²) in [5.41, 5.74) is 0.980. The van der Waals surface area contributed by atoms with Crippen LogP contribution in [0.2, 0.25) is 0 Å². The van der Waals surface area contributed by atoms with Gasteiger partial charge in [-0.3, -0.25) is 9.88 Å². The lowest BCUT2D eigenvalue weighted by molar-refractivity contribution is -0.0902. The van der Waals surface area contributed by atoms with E-state index in [9.17, 15) is 0 Å². The van der Waals surface area contributed by atoms with Crippen molar-refractivity contribution in [3.8, 4) is 0 Å². The second-order valence-corrected chi connectivity index (χ2v) is 6.81. The molecule has 1 aromatic rings. The van der Waals surface area contributed by atoms with E-state index in [2.05, 4.69) is 34.9 Å². The fraction of sp³-hybridized carbons (Fsp3) is 0.706. The molecule has 2 aliphatic rings. The summed E-state index contributed by atoms with van der Waals surface area (Å²) < 4.78 is 12.3. The van der Waals surface area contributed by atoms with E-state index in [-0.39, 0.29) is 5.60 Å². The summed E-state index contributed by atoms with van der Waals surface area (Å²) in [6.45, 7) is 5.23. The molecule has 5 heteroatoms. The second-order valence-electron chi connectivity index (χ2n) is 6.81. The van der Waals surface area contributed by atoms with Gasteiger partial charge in [-0.15, -0.1) is 0 Å². The Labute approximate surface area is 133 Å². The van der Waals surface area contributed by atoms with Crippen molar-refractivity contribution in [1.29, 1.82) is 0 Å². The Morgan fingerprint density at radius 3 is 3.09 bits per heavy atom. The lowest BCUT2D eigenvalue weighted by Gasteiger charge is -2.32. The zero-order chi connectivity index (χ0) is 15.4. The molecule has 0 saturated carbocycles. The Hall–Kier alpha value is -1.01. The van der Waals surface area contributed by atoms with Crippen molar-refractivity contribution in [1.82, 2.24) is 14.8 Å². The summed E-state index contributed by atoms with van der Waals surface area (Å²) in [6.07, 6.45) is 4.40. The molecule has 1 spiro atoms. The van der Waals surface area contributed by atoms with Crippen LogP contribution >= 0.6 is 0 Å². The molecular formula is C17H27N3O2. The normalized spacial score (nSPS) is 30.0. The summed E-state index contributed by atoms with van der Waals surface area (Å²) in [4.78, 5) is 9.07. The van der Waals surface area contributed by atoms with E-state index in [0.717, 1.165) is 57.9 Å². The Morgan fingerprint density at radius 1 is 1.41 bits per heavy atom. The highest BCUT2D eigenvalue weighted by molar-refractivity contribution is 5.04. The predicted octanol–water partition coefficient (Wildman–Crippen LogP) is 1.39. The fourth-order valence-corrected chi connectivity index (χ4v) is 3.49. The molecule has 22 heavy (non-hydrogen) atoms. The molecule has 122 valence electrons. The van der Waals surface area contributed by atoms with Gasteiger partial charge in [0, 0.05) is 32.4 Å². The van der Waals surface area contributed by atoms with E-state index in [0.29, 0.717) is 6.10 Å². The van der Waals surface area contributed by atoms with Gasteiger partial charge in [-0.2, -0.15) is 0 Å². The molecular weight excluding hydrogens is 278 g/mol. The maximum Gasteiger partial charge on any atom is 0.105 e. The number of likely N-dealkylation sites (N-methyl/N-ethyl adjacent to an activating group) is 1. The zero-order valence-corrected chi connectivity index (χ0v) is 13.7. The third kappa shape index (κ3) is 4.04. The standard InChI is InChI=1S/C17H27N3O2/c1-19(2)12-16-6-7-17(22-16)13-20(9-10-21-14-17)11-15-5-3-4-8-18-15/h3-5,8,16H,6-7,9-14H2,1-2H3. The van der Waals surface area contributed by atoms with Crippen LogP contribution in [0.5, 0.6) is 0 Å². The maximum absolute atomic E-state index is 6.42. The van der Waals surface area contributed by atoms with Crippen molar-refractivity contribution < 1.29 is 9.47 Å². The largest absolute Gasteiger partial charge is 0.377 e. The predicted molar refractivity (Wildman–Crippen MR) is 85.7 cm³/mol. The molecule has 0 aliphatic carbocycles. The van der Waals surface area contributed by atoms with Crippen LogP contribution in [0.3, 0.4) is 0 Å². The molecule has 3 heterocycles. The van der Waals surface area contributed by atoms with Crippen LogP contribution in [0.25, 0.3) is 0 Å². The molecule has 5 nitrogen and oxygen atoms in total. The second kappa shape index (κ2) is 7.04. The van der Waals surface area contributed by atoms with Crippen molar-refractivity contribution in [2.45, 2.75) is 31.1 Å². The highest BCUT2D eigenvalue weighted by Crippen LogP contribution is 2.33. The average molecular weight is 305 g/mol. The molecule has 1 aromatic heterocycles. The lowest BCUT2D eigenvalue weighted by atomic mass is 10.00. The number of rotatable bonds is 4. The number of aromatic nitrogens is 1. The Balaban J connectivity index is 1.63. The van der Waals surface area contributed by atoms with E-state index < -0.39 is 0 Å². The summed E-state index contributed by atoms with van der Waals surface area (Å²) in [6, 6.07) is 6.09. The average Bonchev–Trinajstić information content (AvgIpc) is 2.75. The van der Waals surface area contributed by atoms with Crippen molar-refractivity contribution in [3.63, 3.8) is 0 Å². The van der Waals surface area contributed by atoms with Crippen LogP contribution in [0, 0.1) is 0 Å². The van der Waals surface area contributed by atoms with E-state index in [1.165, 1.54) is 0 Å². The first-order valence-electron chi connectivity index (χ1n) is 8.18. The van der Waals surface area contributed by atoms with Crippen LogP contribution in [0.4, 0.5) is 0 Å². The van der Waals surface area contributed by atoms with E-state index in [4.69, 9.17) is 9.47 Å². The van der Waals surface area contributed by atoms with Crippen molar-refractivity contribution in [3.05, 3.63) is 30.1 Å². The Kier molecular flexibility index (Phi) is 5.08. The molecule has 3 rings (SSSR count). The summed E-state index contributed by atoms with van der Waals surface area (Å²) in [5, 5.41) is 0. The van der Waals surface area contributed by atoms with Gasteiger partial charge in [-0.25, -0.2) is 0 Å². The fourth-order valence-electron chi connectivity index (χ4n) is 3.49. The molecule has 2 fully saturated rings. The molecule has 0 amide bonds. The number of hydrogen-bond donors (Lipinski definition) is 0. The van der Waals surface area contributed by atoms with Gasteiger partial charge in [-0.05, 0) is 39.1 Å². The molecule has 0 radical (unpaired) electrons. The first-order valence-corrected chi connectivity index (χ1v) is 8.18. The van der Waals surface area contributed by atoms with Gasteiger partial charge in [0.25, 0.3) is 0 Å². The number of hydrogen-bond acceptors (Lipinski definition) is 5. The molecule has 2 saturated heterocycles. The molecule has 2 unspecified atom stereocenters. The minimum absolute atomic E-state index is 0.133. The quantitative estimate of drug-likeness (QED) is 0.840. The summed E-state index contributed by atoms with van der Waals surface area (Å²) in [7, 11) is 4.21. The molecule has 0 N–H and O–H groups in total. The van der Waals surface area contributed by atoms with Crippen molar-refractivity contribution >= 4 is 0 Å². The lowest BCUT2D eigenvalue weighted by Crippen LogP contribution is -2.45. The Morgan fingerprint density at radius 2 is 2.32 bits per heavy atom. The smallest absolute Gasteiger partial charge is 0.105 e. The summed E-state index contributed by atoms with van der Waals surface area (Å²) >= 11 is 0. The van der Waals surface area contributed by atoms with E-state index >= 15 is 0 Å². The number of ether oxygens (including phenoxy) is 2. The van der Waals surface area contributed by atoms with Gasteiger partial charge in [-0.1, -0.05) is 6.07 Å². The van der Waals surface area contributed by atoms with E-state index in [1.54, 1.807) is 0 Å². The van der Waals surface area contributed by atoms with Gasteiger partial charge in [0.2, 0.25) is 0 Å². The first kappa shape index (κ1) is 15.9. The maximum atomic E-state index is 6.42. The van der Waals surface area contributed by atoms with Crippen LogP contribution in [-0.2, 0) is 16.0 Å². The van der Waals surface area contributed by atoms with Crippen LogP contribution in [-0.4, -0.2) is 73.4 Å². The molecule has 0 bridgehead atoms. The van der Waals surface area contributed by atoms with Crippen LogP contribution in [0.15, 0.2) is 24.4 Å². The third-order valence-electron chi connectivity index (χ3n) is 4.45. The van der Waals surface area contributed by atoms with Crippen LogP contribution in [0.1, 0.15) is 18.5 Å².